The Kier molecular flexibility index (Phi) is 4.68. The molecule has 0 amide bonds. The van der Waals surface area contributed by atoms with E-state index in [4.69, 9.17) is 15.8 Å². The molecule has 106 valence electrons. The van der Waals surface area contributed by atoms with Gasteiger partial charge in [0.05, 0.1) is 18.9 Å². The number of rotatable bonds is 2. The fourth-order valence-electron chi connectivity index (χ4n) is 0.913. The van der Waals surface area contributed by atoms with E-state index in [1.165, 1.54) is 23.4 Å². The Morgan fingerprint density at radius 3 is 2.21 bits per heavy atom. The molecule has 19 heavy (non-hydrogen) atoms. The molecule has 0 bridgehead atoms. The van der Waals surface area contributed by atoms with E-state index in [0.717, 1.165) is 6.20 Å². The summed E-state index contributed by atoms with van der Waals surface area (Å²) in [6, 6.07) is 0. The first-order valence-corrected chi connectivity index (χ1v) is 8.40. The zero-order chi connectivity index (χ0) is 14.7. The molecule has 0 unspecified atom stereocenters. The quantitative estimate of drug-likeness (QED) is 0.706. The predicted molar refractivity (Wildman–Crippen MR) is 66.2 cm³/mol. The summed E-state index contributed by atoms with van der Waals surface area (Å²) in [5.41, 5.74) is 0. The summed E-state index contributed by atoms with van der Waals surface area (Å²) in [6.45, 7) is 0. The van der Waals surface area contributed by atoms with Crippen LogP contribution >= 0.6 is 10.7 Å². The molecule has 2 aromatic rings. The van der Waals surface area contributed by atoms with Crippen LogP contribution in [0.3, 0.4) is 0 Å². The number of imidazole rings is 2. The first-order valence-electron chi connectivity index (χ1n) is 4.54. The number of hydrogen-bond acceptors (Lipinski definition) is 6. The molecule has 3 N–H and O–H groups in total. The molecular formula is C7H10ClN5O4S2. The van der Waals surface area contributed by atoms with E-state index < -0.39 is 19.1 Å². The molecule has 0 saturated heterocycles. The van der Waals surface area contributed by atoms with Gasteiger partial charge in [-0.3, -0.25) is 0 Å². The monoisotopic (exact) mass is 327 g/mol. The van der Waals surface area contributed by atoms with Gasteiger partial charge in [-0.2, -0.15) is 0 Å². The smallest absolute Gasteiger partial charge is 0.280 e. The lowest BCUT2D eigenvalue weighted by molar-refractivity contribution is 0.594. The van der Waals surface area contributed by atoms with Crippen molar-refractivity contribution < 1.29 is 16.8 Å². The maximum absolute atomic E-state index is 10.5. The summed E-state index contributed by atoms with van der Waals surface area (Å²) in [5.74, 6) is 0. The van der Waals surface area contributed by atoms with E-state index in [1.54, 1.807) is 7.05 Å². The lowest BCUT2D eigenvalue weighted by Gasteiger charge is -1.86. The van der Waals surface area contributed by atoms with Crippen LogP contribution in [0.15, 0.2) is 35.1 Å². The van der Waals surface area contributed by atoms with E-state index >= 15 is 0 Å². The fraction of sp³-hybridized carbons (Fsp3) is 0.143. The van der Waals surface area contributed by atoms with Crippen molar-refractivity contribution >= 4 is 29.8 Å². The van der Waals surface area contributed by atoms with E-state index in [0.29, 0.717) is 0 Å². The van der Waals surface area contributed by atoms with Crippen LogP contribution < -0.4 is 5.14 Å². The second kappa shape index (κ2) is 5.69. The number of aryl methyl sites for hydroxylation is 1. The van der Waals surface area contributed by atoms with Gasteiger partial charge < -0.3 is 9.55 Å². The van der Waals surface area contributed by atoms with Crippen LogP contribution in [0.2, 0.25) is 0 Å². The second-order valence-corrected chi connectivity index (χ2v) is 7.32. The molecule has 0 radical (unpaired) electrons. The molecule has 0 fully saturated rings. The maximum atomic E-state index is 10.5. The van der Waals surface area contributed by atoms with Crippen molar-refractivity contribution in [2.45, 2.75) is 10.1 Å². The number of nitrogens with one attached hydrogen (secondary N) is 1. The van der Waals surface area contributed by atoms with Crippen molar-refractivity contribution in [3.05, 3.63) is 25.0 Å². The summed E-state index contributed by atoms with van der Waals surface area (Å²) >= 11 is 0. The summed E-state index contributed by atoms with van der Waals surface area (Å²) in [5, 5.41) is 4.52. The van der Waals surface area contributed by atoms with E-state index in [2.05, 4.69) is 15.0 Å². The van der Waals surface area contributed by atoms with Crippen LogP contribution in [-0.2, 0) is 26.1 Å². The standard InChI is InChI=1S/C4H5ClN2O2S.C3H5N3O2S/c1-7-2-4(6-3-7)10(5,8)9;4-9(7,8)3-1-5-2-6-3/h2-3H,1H3;1-2H,(H,5,6)(H2,4,7,8). The van der Waals surface area contributed by atoms with Gasteiger partial charge in [-0.25, -0.2) is 31.9 Å². The topological polar surface area (TPSA) is 141 Å². The minimum absolute atomic E-state index is 0.0671. The third-order valence-electron chi connectivity index (χ3n) is 1.71. The number of nitrogens with two attached hydrogens (primary N) is 1. The Morgan fingerprint density at radius 1 is 1.37 bits per heavy atom. The average molecular weight is 328 g/mol. The highest BCUT2D eigenvalue weighted by Crippen LogP contribution is 2.09. The molecule has 0 aliphatic carbocycles. The molecule has 2 heterocycles. The molecule has 2 rings (SSSR count). The Hall–Kier alpha value is -1.43. The van der Waals surface area contributed by atoms with Gasteiger partial charge in [-0.15, -0.1) is 0 Å². The number of nitrogens with zero attached hydrogens (tertiary/aromatic N) is 3. The van der Waals surface area contributed by atoms with Crippen LogP contribution in [-0.4, -0.2) is 36.4 Å². The number of primary sulfonamides is 1. The van der Waals surface area contributed by atoms with E-state index in [1.807, 2.05) is 0 Å². The Morgan fingerprint density at radius 2 is 2.00 bits per heavy atom. The van der Waals surface area contributed by atoms with Crippen LogP contribution in [0.4, 0.5) is 0 Å². The van der Waals surface area contributed by atoms with E-state index in [9.17, 15) is 16.8 Å². The minimum atomic E-state index is -3.64. The lowest BCUT2D eigenvalue weighted by Crippen LogP contribution is -2.12. The SMILES string of the molecule is Cn1cnc(S(=O)(=O)Cl)c1.NS(=O)(=O)c1cnc[nH]1. The van der Waals surface area contributed by atoms with Crippen molar-refractivity contribution in [2.75, 3.05) is 0 Å². The molecule has 2 aromatic heterocycles. The highest BCUT2D eigenvalue weighted by atomic mass is 35.7. The molecule has 0 aliphatic heterocycles. The first kappa shape index (κ1) is 15.6. The highest BCUT2D eigenvalue weighted by Gasteiger charge is 2.11. The van der Waals surface area contributed by atoms with Crippen LogP contribution in [0, 0.1) is 0 Å². The van der Waals surface area contributed by atoms with Crippen LogP contribution in [0.25, 0.3) is 0 Å². The summed E-state index contributed by atoms with van der Waals surface area (Å²) in [6.07, 6.45) is 5.10. The molecule has 0 aromatic carbocycles. The maximum Gasteiger partial charge on any atom is 0.280 e. The molecule has 0 spiro atoms. The number of halogens is 1. The first-order chi connectivity index (χ1) is 8.60. The predicted octanol–water partition coefficient (Wildman–Crippen LogP) is -0.595. The van der Waals surface area contributed by atoms with Gasteiger partial charge in [0, 0.05) is 23.9 Å². The second-order valence-electron chi connectivity index (χ2n) is 3.28. The van der Waals surface area contributed by atoms with E-state index in [-0.39, 0.29) is 10.1 Å². The summed E-state index contributed by atoms with van der Waals surface area (Å²) in [4.78, 5) is 9.36. The number of hydrogen-bond donors (Lipinski definition) is 2. The third kappa shape index (κ3) is 4.98. The van der Waals surface area contributed by atoms with Crippen molar-refractivity contribution in [2.24, 2.45) is 12.2 Å². The minimum Gasteiger partial charge on any atom is -0.339 e. The van der Waals surface area contributed by atoms with Crippen molar-refractivity contribution in [3.8, 4) is 0 Å². The zero-order valence-corrected chi connectivity index (χ0v) is 11.9. The summed E-state index contributed by atoms with van der Waals surface area (Å²) < 4.78 is 43.4. The van der Waals surface area contributed by atoms with Gasteiger partial charge in [-0.1, -0.05) is 0 Å². The lowest BCUT2D eigenvalue weighted by atomic mass is 10.9. The van der Waals surface area contributed by atoms with Gasteiger partial charge >= 0.3 is 0 Å². The van der Waals surface area contributed by atoms with Gasteiger partial charge in [0.2, 0.25) is 0 Å². The normalized spacial score (nSPS) is 11.7. The number of sulfonamides is 1. The molecule has 0 saturated carbocycles. The van der Waals surface area contributed by atoms with Crippen molar-refractivity contribution in [1.82, 2.24) is 19.5 Å². The van der Waals surface area contributed by atoms with Gasteiger partial charge in [0.15, 0.2) is 10.1 Å². The average Bonchev–Trinajstić information content (AvgIpc) is 2.84. The summed E-state index contributed by atoms with van der Waals surface area (Å²) in [7, 11) is -0.586. The molecule has 0 aliphatic rings. The van der Waals surface area contributed by atoms with Crippen molar-refractivity contribution in [1.29, 1.82) is 0 Å². The van der Waals surface area contributed by atoms with Gasteiger partial charge in [0.25, 0.3) is 19.1 Å². The van der Waals surface area contributed by atoms with Crippen LogP contribution in [0.1, 0.15) is 0 Å². The molecule has 0 atom stereocenters. The van der Waals surface area contributed by atoms with Gasteiger partial charge in [-0.05, 0) is 0 Å². The Balaban J connectivity index is 0.000000191. The van der Waals surface area contributed by atoms with Crippen molar-refractivity contribution in [3.63, 3.8) is 0 Å². The number of H-pyrrole nitrogens is 1. The molecular weight excluding hydrogens is 318 g/mol. The number of aromatic amines is 1. The largest absolute Gasteiger partial charge is 0.339 e. The molecule has 9 nitrogen and oxygen atoms in total. The third-order valence-corrected chi connectivity index (χ3v) is 3.73. The Bertz CT molecular complexity index is 734. The molecule has 12 heteroatoms. The van der Waals surface area contributed by atoms with Crippen LogP contribution in [0.5, 0.6) is 0 Å². The Labute approximate surface area is 113 Å². The fourth-order valence-corrected chi connectivity index (χ4v) is 2.04. The van der Waals surface area contributed by atoms with Gasteiger partial charge in [0.1, 0.15) is 0 Å². The zero-order valence-electron chi connectivity index (χ0n) is 9.56. The number of aromatic nitrogens is 4. The highest BCUT2D eigenvalue weighted by molar-refractivity contribution is 8.13.